The molecule has 0 saturated carbocycles. The number of amides is 2. The average molecular weight is 481 g/mol. The number of benzene rings is 2. The Morgan fingerprint density at radius 3 is 2.29 bits per heavy atom. The summed E-state index contributed by atoms with van der Waals surface area (Å²) < 4.78 is 10.8. The van der Waals surface area contributed by atoms with Gasteiger partial charge < -0.3 is 24.8 Å². The Balaban J connectivity index is 1.40. The predicted molar refractivity (Wildman–Crippen MR) is 130 cm³/mol. The van der Waals surface area contributed by atoms with Gasteiger partial charge in [0, 0.05) is 39.1 Å². The first-order chi connectivity index (χ1) is 16.9. The molecule has 0 radical (unpaired) electrons. The van der Waals surface area contributed by atoms with Gasteiger partial charge in [-0.15, -0.1) is 0 Å². The number of hydrogen-bond acceptors (Lipinski definition) is 5. The number of carbonyl (C=O) groups excluding carboxylic acids is 2. The van der Waals surface area contributed by atoms with Crippen LogP contribution in [0, 0.1) is 11.8 Å². The molecule has 1 fully saturated rings. The summed E-state index contributed by atoms with van der Waals surface area (Å²) in [6, 6.07) is 15.4. The third-order valence-electron chi connectivity index (χ3n) is 7.08. The van der Waals surface area contributed by atoms with E-state index < -0.39 is 24.0 Å². The topological polar surface area (TPSA) is 105 Å². The van der Waals surface area contributed by atoms with Crippen molar-refractivity contribution < 1.29 is 29.0 Å². The smallest absolute Gasteiger partial charge is 0.407 e. The summed E-state index contributed by atoms with van der Waals surface area (Å²) in [6.45, 7) is 2.97. The molecule has 0 aromatic heterocycles. The van der Waals surface area contributed by atoms with Crippen molar-refractivity contribution >= 4 is 18.0 Å². The van der Waals surface area contributed by atoms with Crippen LogP contribution in [-0.4, -0.2) is 67.4 Å². The number of ether oxygens (including phenoxy) is 2. The lowest BCUT2D eigenvalue weighted by molar-refractivity contribution is -0.149. The monoisotopic (exact) mass is 480 g/mol. The van der Waals surface area contributed by atoms with Crippen molar-refractivity contribution in [3.8, 4) is 11.1 Å². The highest BCUT2D eigenvalue weighted by atomic mass is 16.5. The molecule has 8 nitrogen and oxygen atoms in total. The van der Waals surface area contributed by atoms with Crippen LogP contribution in [0.15, 0.2) is 48.5 Å². The fourth-order valence-electron chi connectivity index (χ4n) is 5.21. The SMILES string of the molecule is COCCC(NC(=O)OCC1c2ccccc2-c2ccccc21)C(=O)N1CCC(C(=O)O)C(C)C1. The lowest BCUT2D eigenvalue weighted by Crippen LogP contribution is -2.53. The minimum atomic E-state index is -0.836. The largest absolute Gasteiger partial charge is 0.481 e. The Morgan fingerprint density at radius 2 is 1.71 bits per heavy atom. The molecule has 1 heterocycles. The first-order valence-corrected chi connectivity index (χ1v) is 12.0. The number of aliphatic carboxylic acids is 1. The van der Waals surface area contributed by atoms with Crippen LogP contribution in [-0.2, 0) is 19.1 Å². The highest BCUT2D eigenvalue weighted by molar-refractivity contribution is 5.86. The maximum absolute atomic E-state index is 13.2. The van der Waals surface area contributed by atoms with Crippen LogP contribution in [0.4, 0.5) is 4.79 Å². The van der Waals surface area contributed by atoms with E-state index in [2.05, 4.69) is 17.4 Å². The summed E-state index contributed by atoms with van der Waals surface area (Å²) >= 11 is 0. The van der Waals surface area contributed by atoms with Crippen molar-refractivity contribution in [1.29, 1.82) is 0 Å². The molecule has 186 valence electrons. The van der Waals surface area contributed by atoms with E-state index in [0.29, 0.717) is 32.5 Å². The lowest BCUT2D eigenvalue weighted by Gasteiger charge is -2.36. The zero-order chi connectivity index (χ0) is 24.9. The van der Waals surface area contributed by atoms with Gasteiger partial charge in [0.1, 0.15) is 12.6 Å². The minimum absolute atomic E-state index is 0.0721. The van der Waals surface area contributed by atoms with Gasteiger partial charge in [0.25, 0.3) is 0 Å². The van der Waals surface area contributed by atoms with Gasteiger partial charge in [-0.1, -0.05) is 55.5 Å². The quantitative estimate of drug-likeness (QED) is 0.599. The fraction of sp³-hybridized carbons (Fsp3) is 0.444. The van der Waals surface area contributed by atoms with E-state index in [-0.39, 0.29) is 24.3 Å². The van der Waals surface area contributed by atoms with E-state index in [1.54, 1.807) is 4.90 Å². The average Bonchev–Trinajstić information content (AvgIpc) is 3.18. The fourth-order valence-corrected chi connectivity index (χ4v) is 5.21. The number of alkyl carbamates (subject to hydrolysis) is 1. The third kappa shape index (κ3) is 5.32. The van der Waals surface area contributed by atoms with Gasteiger partial charge in [-0.25, -0.2) is 4.79 Å². The van der Waals surface area contributed by atoms with Crippen molar-refractivity contribution in [2.24, 2.45) is 11.8 Å². The number of fused-ring (bicyclic) bond motifs is 3. The maximum atomic E-state index is 13.2. The van der Waals surface area contributed by atoms with Gasteiger partial charge in [-0.05, 0) is 34.6 Å². The van der Waals surface area contributed by atoms with Crippen molar-refractivity contribution in [3.63, 3.8) is 0 Å². The van der Waals surface area contributed by atoms with Crippen LogP contribution < -0.4 is 5.32 Å². The second-order valence-electron chi connectivity index (χ2n) is 9.30. The van der Waals surface area contributed by atoms with Crippen molar-refractivity contribution in [2.75, 3.05) is 33.4 Å². The molecule has 0 spiro atoms. The normalized spacial score (nSPS) is 20.0. The van der Waals surface area contributed by atoms with Gasteiger partial charge >= 0.3 is 12.1 Å². The van der Waals surface area contributed by atoms with E-state index in [1.807, 2.05) is 43.3 Å². The number of carboxylic acids is 1. The number of methoxy groups -OCH3 is 1. The van der Waals surface area contributed by atoms with Crippen LogP contribution in [0.1, 0.15) is 36.8 Å². The summed E-state index contributed by atoms with van der Waals surface area (Å²) in [6.07, 6.45) is 0.0338. The summed E-state index contributed by atoms with van der Waals surface area (Å²) in [5.74, 6) is -1.78. The highest BCUT2D eigenvalue weighted by Gasteiger charge is 2.36. The van der Waals surface area contributed by atoms with Crippen molar-refractivity contribution in [1.82, 2.24) is 10.2 Å². The Bertz CT molecular complexity index is 1040. The molecule has 2 aliphatic rings. The number of piperidine rings is 1. The van der Waals surface area contributed by atoms with Crippen molar-refractivity contribution in [2.45, 2.75) is 31.7 Å². The second kappa shape index (κ2) is 10.9. The molecule has 3 unspecified atom stereocenters. The van der Waals surface area contributed by atoms with Gasteiger partial charge in [-0.3, -0.25) is 9.59 Å². The number of nitrogens with one attached hydrogen (secondary N) is 1. The van der Waals surface area contributed by atoms with E-state index in [0.717, 1.165) is 22.3 Å². The van der Waals surface area contributed by atoms with Gasteiger partial charge in [0.2, 0.25) is 5.91 Å². The Labute approximate surface area is 205 Å². The minimum Gasteiger partial charge on any atom is -0.481 e. The summed E-state index contributed by atoms with van der Waals surface area (Å²) in [7, 11) is 1.54. The summed E-state index contributed by atoms with van der Waals surface area (Å²) in [5.41, 5.74) is 4.51. The Morgan fingerprint density at radius 1 is 1.09 bits per heavy atom. The van der Waals surface area contributed by atoms with Crippen LogP contribution in [0.2, 0.25) is 0 Å². The summed E-state index contributed by atoms with van der Waals surface area (Å²) in [4.78, 5) is 39.0. The number of carbonyl (C=O) groups is 3. The van der Waals surface area contributed by atoms with Gasteiger partial charge in [0.15, 0.2) is 0 Å². The van der Waals surface area contributed by atoms with E-state index in [9.17, 15) is 19.5 Å². The number of nitrogens with zero attached hydrogens (tertiary/aromatic N) is 1. The van der Waals surface area contributed by atoms with Crippen LogP contribution in [0.25, 0.3) is 11.1 Å². The van der Waals surface area contributed by atoms with Gasteiger partial charge in [-0.2, -0.15) is 0 Å². The molecule has 2 aromatic rings. The first kappa shape index (κ1) is 24.7. The Kier molecular flexibility index (Phi) is 7.70. The molecular formula is C27H32N2O6. The van der Waals surface area contributed by atoms with Crippen LogP contribution in [0.5, 0.6) is 0 Å². The molecule has 2 N–H and O–H groups in total. The second-order valence-corrected chi connectivity index (χ2v) is 9.30. The van der Waals surface area contributed by atoms with E-state index in [4.69, 9.17) is 9.47 Å². The van der Waals surface area contributed by atoms with Crippen molar-refractivity contribution in [3.05, 3.63) is 59.7 Å². The first-order valence-electron chi connectivity index (χ1n) is 12.0. The maximum Gasteiger partial charge on any atom is 0.407 e. The van der Waals surface area contributed by atoms with Crippen LogP contribution >= 0.6 is 0 Å². The van der Waals surface area contributed by atoms with E-state index >= 15 is 0 Å². The molecule has 4 rings (SSSR count). The molecule has 35 heavy (non-hydrogen) atoms. The summed E-state index contributed by atoms with van der Waals surface area (Å²) in [5, 5.41) is 12.1. The molecule has 8 heteroatoms. The number of rotatable bonds is 8. The number of likely N-dealkylation sites (tertiary alicyclic amines) is 1. The Hall–Kier alpha value is -3.39. The van der Waals surface area contributed by atoms with Gasteiger partial charge in [0.05, 0.1) is 5.92 Å². The zero-order valence-corrected chi connectivity index (χ0v) is 20.1. The molecular weight excluding hydrogens is 448 g/mol. The molecule has 3 atom stereocenters. The number of carboxylic acid groups (broad SMARTS) is 1. The predicted octanol–water partition coefficient (Wildman–Crippen LogP) is 3.50. The molecule has 2 aromatic carbocycles. The number of hydrogen-bond donors (Lipinski definition) is 2. The molecule has 1 saturated heterocycles. The zero-order valence-electron chi connectivity index (χ0n) is 20.1. The third-order valence-corrected chi connectivity index (χ3v) is 7.08. The lowest BCUT2D eigenvalue weighted by atomic mass is 9.86. The standard InChI is InChI=1S/C27H32N2O6/c1-17-15-29(13-11-18(17)26(31)32)25(30)24(12-14-34-2)28-27(33)35-16-23-21-9-5-3-7-19(21)20-8-4-6-10-22(20)23/h3-10,17-18,23-24H,11-16H2,1-2H3,(H,28,33)(H,31,32). The molecule has 0 bridgehead atoms. The van der Waals surface area contributed by atoms with E-state index in [1.165, 1.54) is 7.11 Å². The molecule has 2 amide bonds. The molecule has 1 aliphatic carbocycles. The highest BCUT2D eigenvalue weighted by Crippen LogP contribution is 2.44. The molecule has 1 aliphatic heterocycles. The van der Waals surface area contributed by atoms with Crippen LogP contribution in [0.3, 0.4) is 0 Å².